The summed E-state index contributed by atoms with van der Waals surface area (Å²) in [5.41, 5.74) is -0.729. The van der Waals surface area contributed by atoms with E-state index in [0.717, 1.165) is 25.7 Å². The van der Waals surface area contributed by atoms with E-state index in [1.54, 1.807) is 20.8 Å². The van der Waals surface area contributed by atoms with Crippen LogP contribution in [0.25, 0.3) is 0 Å². The Morgan fingerprint density at radius 3 is 2.29 bits per heavy atom. The maximum atomic E-state index is 12.0. The maximum absolute atomic E-state index is 12.0. The van der Waals surface area contributed by atoms with Crippen LogP contribution in [0.15, 0.2) is 0 Å². The summed E-state index contributed by atoms with van der Waals surface area (Å²) in [6.45, 7) is 5.03. The molecular weight excluding hydrogens is 278 g/mol. The first-order valence-corrected chi connectivity index (χ1v) is 7.09. The molecule has 0 aromatic heterocycles. The predicted octanol–water partition coefficient (Wildman–Crippen LogP) is 1.84. The maximum Gasteiger partial charge on any atom is 0.408 e. The molecule has 1 aliphatic rings. The highest BCUT2D eigenvalue weighted by Gasteiger charge is 2.30. The number of carboxylic acid groups (broad SMARTS) is 1. The Morgan fingerprint density at radius 1 is 1.24 bits per heavy atom. The Morgan fingerprint density at radius 2 is 1.81 bits per heavy atom. The number of hydrogen-bond donors (Lipinski definition) is 2. The van der Waals surface area contributed by atoms with Gasteiger partial charge in [-0.2, -0.15) is 0 Å². The molecule has 21 heavy (non-hydrogen) atoms. The number of aliphatic carboxylic acids is 1. The lowest BCUT2D eigenvalue weighted by molar-refractivity contribution is -0.154. The van der Waals surface area contributed by atoms with Crippen LogP contribution in [-0.4, -0.2) is 40.9 Å². The third-order valence-electron chi connectivity index (χ3n) is 2.94. The molecule has 0 heterocycles. The summed E-state index contributed by atoms with van der Waals surface area (Å²) in [4.78, 5) is 34.5. The van der Waals surface area contributed by atoms with Gasteiger partial charge < -0.3 is 19.9 Å². The molecule has 0 radical (unpaired) electrons. The Bertz CT molecular complexity index is 395. The fraction of sp³-hybridized carbons (Fsp3) is 0.786. The molecule has 7 nitrogen and oxygen atoms in total. The van der Waals surface area contributed by atoms with Gasteiger partial charge in [-0.15, -0.1) is 0 Å². The minimum absolute atomic E-state index is 0.186. The Labute approximate surface area is 124 Å². The number of carbonyl (C=O) groups is 3. The number of hydrogen-bond acceptors (Lipinski definition) is 5. The van der Waals surface area contributed by atoms with Gasteiger partial charge in [-0.1, -0.05) is 0 Å². The van der Waals surface area contributed by atoms with Crippen molar-refractivity contribution >= 4 is 18.0 Å². The van der Waals surface area contributed by atoms with E-state index in [2.05, 4.69) is 5.32 Å². The highest BCUT2D eigenvalue weighted by atomic mass is 16.6. The first-order valence-electron chi connectivity index (χ1n) is 7.09. The van der Waals surface area contributed by atoms with E-state index in [0.29, 0.717) is 0 Å². The zero-order valence-electron chi connectivity index (χ0n) is 12.7. The second kappa shape index (κ2) is 7.28. The van der Waals surface area contributed by atoms with Crippen molar-refractivity contribution in [3.63, 3.8) is 0 Å². The summed E-state index contributed by atoms with van der Waals surface area (Å²) in [6.07, 6.45) is 1.97. The lowest BCUT2D eigenvalue weighted by atomic mass is 10.2. The molecule has 1 rings (SSSR count). The summed E-state index contributed by atoms with van der Waals surface area (Å²) in [7, 11) is 0. The van der Waals surface area contributed by atoms with Crippen molar-refractivity contribution in [2.45, 2.75) is 70.6 Å². The van der Waals surface area contributed by atoms with Crippen LogP contribution in [-0.2, 0) is 19.1 Å². The largest absolute Gasteiger partial charge is 0.481 e. The molecule has 7 heteroatoms. The van der Waals surface area contributed by atoms with Crippen molar-refractivity contribution in [1.82, 2.24) is 5.32 Å². The number of rotatable bonds is 5. The van der Waals surface area contributed by atoms with Crippen LogP contribution in [0.5, 0.6) is 0 Å². The zero-order chi connectivity index (χ0) is 16.0. The molecule has 1 atom stereocenters. The van der Waals surface area contributed by atoms with E-state index < -0.39 is 36.1 Å². The molecule has 1 amide bonds. The summed E-state index contributed by atoms with van der Waals surface area (Å²) in [5, 5.41) is 11.1. The molecular formula is C14H23NO6. The Kier molecular flexibility index (Phi) is 5.99. The molecule has 0 bridgehead atoms. The van der Waals surface area contributed by atoms with E-state index >= 15 is 0 Å². The Hall–Kier alpha value is -1.79. The SMILES string of the molecule is CC(C)(C)OC(=O)N[C@@H](CC(=O)O)C(=O)OC1CCCC1. The topological polar surface area (TPSA) is 102 Å². The molecule has 1 aliphatic carbocycles. The summed E-state index contributed by atoms with van der Waals surface area (Å²) >= 11 is 0. The van der Waals surface area contributed by atoms with Crippen LogP contribution in [0.3, 0.4) is 0 Å². The predicted molar refractivity (Wildman–Crippen MR) is 73.8 cm³/mol. The molecule has 0 spiro atoms. The molecule has 2 N–H and O–H groups in total. The van der Waals surface area contributed by atoms with Crippen molar-refractivity contribution in [3.05, 3.63) is 0 Å². The van der Waals surface area contributed by atoms with Crippen LogP contribution in [0.1, 0.15) is 52.9 Å². The highest BCUT2D eigenvalue weighted by molar-refractivity contribution is 5.85. The number of carbonyl (C=O) groups excluding carboxylic acids is 2. The standard InChI is InChI=1S/C14H23NO6/c1-14(2,3)21-13(19)15-10(8-11(16)17)12(18)20-9-6-4-5-7-9/h9-10H,4-8H2,1-3H3,(H,15,19)(H,16,17)/t10-/m0/s1. The highest BCUT2D eigenvalue weighted by Crippen LogP contribution is 2.21. The van der Waals surface area contributed by atoms with Gasteiger partial charge in [0.15, 0.2) is 0 Å². The molecule has 1 fully saturated rings. The van der Waals surface area contributed by atoms with Crippen molar-refractivity contribution in [3.8, 4) is 0 Å². The molecule has 0 saturated heterocycles. The number of alkyl carbamates (subject to hydrolysis) is 1. The van der Waals surface area contributed by atoms with E-state index in [-0.39, 0.29) is 6.10 Å². The third kappa shape index (κ3) is 6.97. The molecule has 0 aliphatic heterocycles. The van der Waals surface area contributed by atoms with Gasteiger partial charge in [-0.25, -0.2) is 9.59 Å². The minimum atomic E-state index is -1.24. The van der Waals surface area contributed by atoms with Crippen LogP contribution in [0, 0.1) is 0 Å². The fourth-order valence-corrected chi connectivity index (χ4v) is 2.07. The van der Waals surface area contributed by atoms with Gasteiger partial charge in [0.2, 0.25) is 0 Å². The van der Waals surface area contributed by atoms with E-state index in [1.165, 1.54) is 0 Å². The summed E-state index contributed by atoms with van der Waals surface area (Å²) < 4.78 is 10.3. The molecule has 120 valence electrons. The third-order valence-corrected chi connectivity index (χ3v) is 2.94. The lowest BCUT2D eigenvalue weighted by Gasteiger charge is -2.23. The van der Waals surface area contributed by atoms with E-state index in [4.69, 9.17) is 14.6 Å². The van der Waals surface area contributed by atoms with Crippen LogP contribution < -0.4 is 5.32 Å². The summed E-state index contributed by atoms with van der Waals surface area (Å²) in [5.74, 6) is -1.92. The number of amides is 1. The summed E-state index contributed by atoms with van der Waals surface area (Å²) in [6, 6.07) is -1.24. The molecule has 0 unspecified atom stereocenters. The molecule has 0 aromatic carbocycles. The van der Waals surface area contributed by atoms with Crippen molar-refractivity contribution in [1.29, 1.82) is 0 Å². The molecule has 0 aromatic rings. The number of carboxylic acids is 1. The second-order valence-corrected chi connectivity index (χ2v) is 6.14. The minimum Gasteiger partial charge on any atom is -0.481 e. The van der Waals surface area contributed by atoms with Gasteiger partial charge in [0.25, 0.3) is 0 Å². The monoisotopic (exact) mass is 301 g/mol. The average molecular weight is 301 g/mol. The quantitative estimate of drug-likeness (QED) is 0.751. The van der Waals surface area contributed by atoms with Crippen molar-refractivity contribution < 1.29 is 29.0 Å². The van der Waals surface area contributed by atoms with Gasteiger partial charge in [-0.3, -0.25) is 4.79 Å². The van der Waals surface area contributed by atoms with Gasteiger partial charge in [-0.05, 0) is 46.5 Å². The van der Waals surface area contributed by atoms with Gasteiger partial charge >= 0.3 is 18.0 Å². The lowest BCUT2D eigenvalue weighted by Crippen LogP contribution is -2.46. The van der Waals surface area contributed by atoms with Gasteiger partial charge in [0.05, 0.1) is 6.42 Å². The first-order chi connectivity index (χ1) is 9.67. The second-order valence-electron chi connectivity index (χ2n) is 6.14. The van der Waals surface area contributed by atoms with Crippen molar-refractivity contribution in [2.24, 2.45) is 0 Å². The molecule has 1 saturated carbocycles. The van der Waals surface area contributed by atoms with Crippen LogP contribution in [0.2, 0.25) is 0 Å². The van der Waals surface area contributed by atoms with Crippen LogP contribution >= 0.6 is 0 Å². The van der Waals surface area contributed by atoms with E-state index in [1.807, 2.05) is 0 Å². The van der Waals surface area contributed by atoms with Gasteiger partial charge in [0, 0.05) is 0 Å². The zero-order valence-corrected chi connectivity index (χ0v) is 12.7. The van der Waals surface area contributed by atoms with Gasteiger partial charge in [0.1, 0.15) is 17.7 Å². The van der Waals surface area contributed by atoms with Crippen LogP contribution in [0.4, 0.5) is 4.79 Å². The Balaban J connectivity index is 2.59. The first kappa shape index (κ1) is 17.3. The number of ether oxygens (including phenoxy) is 2. The smallest absolute Gasteiger partial charge is 0.408 e. The number of esters is 1. The number of nitrogens with one attached hydrogen (secondary N) is 1. The average Bonchev–Trinajstić information content (AvgIpc) is 2.77. The normalized spacial score (nSPS) is 17.1. The van der Waals surface area contributed by atoms with E-state index in [9.17, 15) is 14.4 Å². The fourth-order valence-electron chi connectivity index (χ4n) is 2.07. The van der Waals surface area contributed by atoms with Crippen molar-refractivity contribution in [2.75, 3.05) is 0 Å².